The summed E-state index contributed by atoms with van der Waals surface area (Å²) in [7, 11) is 0. The van der Waals surface area contributed by atoms with Gasteiger partial charge < -0.3 is 30.3 Å². The van der Waals surface area contributed by atoms with E-state index in [0.717, 1.165) is 6.08 Å². The highest BCUT2D eigenvalue weighted by Gasteiger charge is 2.49. The van der Waals surface area contributed by atoms with E-state index in [1.165, 1.54) is 24.3 Å². The number of aliphatic hydroxyl groups is 2. The van der Waals surface area contributed by atoms with E-state index in [4.69, 9.17) is 9.84 Å². The van der Waals surface area contributed by atoms with Crippen molar-refractivity contribution in [3.63, 3.8) is 0 Å². The summed E-state index contributed by atoms with van der Waals surface area (Å²) in [4.78, 5) is 23.1. The normalized spacial score (nSPS) is 29.5. The van der Waals surface area contributed by atoms with E-state index >= 15 is 0 Å². The highest BCUT2D eigenvalue weighted by Crippen LogP contribution is 2.34. The van der Waals surface area contributed by atoms with E-state index in [9.17, 15) is 30.0 Å². The van der Waals surface area contributed by atoms with Crippen molar-refractivity contribution in [3.05, 3.63) is 29.8 Å². The van der Waals surface area contributed by atoms with Crippen molar-refractivity contribution in [2.45, 2.75) is 37.6 Å². The van der Waals surface area contributed by atoms with Crippen LogP contribution in [0.3, 0.4) is 0 Å². The fourth-order valence-electron chi connectivity index (χ4n) is 2.84. The van der Waals surface area contributed by atoms with Gasteiger partial charge in [-0.05, 0) is 36.1 Å². The first kappa shape index (κ1) is 18.8. The number of carbonyl (C=O) groups is 2. The van der Waals surface area contributed by atoms with Gasteiger partial charge in [0, 0.05) is 12.5 Å². The van der Waals surface area contributed by atoms with Crippen molar-refractivity contribution in [3.8, 4) is 11.5 Å². The molecule has 0 amide bonds. The Kier molecular flexibility index (Phi) is 5.34. The lowest BCUT2D eigenvalue weighted by atomic mass is 9.75. The Hall–Kier alpha value is -2.58. The van der Waals surface area contributed by atoms with Gasteiger partial charge in [-0.15, -0.1) is 0 Å². The van der Waals surface area contributed by atoms with Gasteiger partial charge in [0.25, 0.3) is 0 Å². The zero-order chi connectivity index (χ0) is 18.8. The van der Waals surface area contributed by atoms with Crippen molar-refractivity contribution < 1.29 is 39.9 Å². The number of benzene rings is 1. The summed E-state index contributed by atoms with van der Waals surface area (Å²) in [6.45, 7) is 1.56. The summed E-state index contributed by atoms with van der Waals surface area (Å²) in [5.41, 5.74) is -1.64. The molecule has 1 saturated carbocycles. The van der Waals surface area contributed by atoms with E-state index in [2.05, 4.69) is 0 Å². The molecular weight excluding hydrogens is 332 g/mol. The average molecular weight is 352 g/mol. The van der Waals surface area contributed by atoms with Gasteiger partial charge in [0.1, 0.15) is 6.10 Å². The molecule has 8 nitrogen and oxygen atoms in total. The molecule has 0 spiro atoms. The molecule has 136 valence electrons. The van der Waals surface area contributed by atoms with Gasteiger partial charge in [0.15, 0.2) is 17.1 Å². The van der Waals surface area contributed by atoms with Crippen LogP contribution in [0.15, 0.2) is 24.3 Å². The zero-order valence-electron chi connectivity index (χ0n) is 13.5. The Morgan fingerprint density at radius 1 is 1.24 bits per heavy atom. The second kappa shape index (κ2) is 7.12. The number of aliphatic carboxylic acids is 1. The van der Waals surface area contributed by atoms with Gasteiger partial charge in [-0.25, -0.2) is 9.59 Å². The molecule has 0 aliphatic heterocycles. The summed E-state index contributed by atoms with van der Waals surface area (Å²) >= 11 is 0. The van der Waals surface area contributed by atoms with Gasteiger partial charge in [0.05, 0.1) is 6.10 Å². The summed E-state index contributed by atoms with van der Waals surface area (Å²) in [5, 5.41) is 47.9. The van der Waals surface area contributed by atoms with Gasteiger partial charge in [-0.1, -0.05) is 13.0 Å². The maximum atomic E-state index is 11.9. The number of phenols is 2. The number of carboxylic acids is 1. The fraction of sp³-hybridized carbons (Fsp3) is 0.412. The monoisotopic (exact) mass is 352 g/mol. The quantitative estimate of drug-likeness (QED) is 0.301. The smallest absolute Gasteiger partial charge is 0.335 e. The van der Waals surface area contributed by atoms with Crippen LogP contribution in [0, 0.1) is 5.92 Å². The third kappa shape index (κ3) is 4.28. The zero-order valence-corrected chi connectivity index (χ0v) is 13.5. The van der Waals surface area contributed by atoms with Crippen LogP contribution in [0.2, 0.25) is 0 Å². The Morgan fingerprint density at radius 2 is 1.92 bits per heavy atom. The van der Waals surface area contributed by atoms with Gasteiger partial charge in [-0.3, -0.25) is 0 Å². The summed E-state index contributed by atoms with van der Waals surface area (Å²) < 4.78 is 5.08. The van der Waals surface area contributed by atoms with Crippen LogP contribution < -0.4 is 0 Å². The highest BCUT2D eigenvalue weighted by molar-refractivity contribution is 5.87. The second-order valence-electron chi connectivity index (χ2n) is 6.27. The Bertz CT molecular complexity index is 698. The molecule has 1 fully saturated rings. The minimum absolute atomic E-state index is 0.139. The summed E-state index contributed by atoms with van der Waals surface area (Å²) in [5.74, 6) is -3.47. The van der Waals surface area contributed by atoms with Crippen LogP contribution in [-0.4, -0.2) is 55.3 Å². The molecule has 8 heteroatoms. The Morgan fingerprint density at radius 3 is 2.52 bits per heavy atom. The topological polar surface area (TPSA) is 145 Å². The number of rotatable bonds is 4. The van der Waals surface area contributed by atoms with E-state index in [0.29, 0.717) is 5.56 Å². The number of carboxylic acid groups (broad SMARTS) is 1. The van der Waals surface area contributed by atoms with Gasteiger partial charge in [0.2, 0.25) is 0 Å². The SMILES string of the molecule is CC1CC(O)(C(=O)O)CC(OC(=O)/C=C/c2ccc(O)c(O)c2)C1O. The molecule has 0 radical (unpaired) electrons. The summed E-state index contributed by atoms with van der Waals surface area (Å²) in [6, 6.07) is 3.94. The third-order valence-corrected chi connectivity index (χ3v) is 4.24. The summed E-state index contributed by atoms with van der Waals surface area (Å²) in [6.07, 6.45) is -0.431. The first-order chi connectivity index (χ1) is 11.6. The molecule has 25 heavy (non-hydrogen) atoms. The van der Waals surface area contributed by atoms with Crippen LogP contribution in [0.25, 0.3) is 6.08 Å². The number of aliphatic hydroxyl groups excluding tert-OH is 1. The first-order valence-electron chi connectivity index (χ1n) is 7.67. The molecule has 1 aliphatic carbocycles. The number of hydrogen-bond acceptors (Lipinski definition) is 7. The van der Waals surface area contributed by atoms with Crippen LogP contribution >= 0.6 is 0 Å². The molecule has 1 aromatic rings. The Balaban J connectivity index is 2.06. The Labute approximate surface area is 143 Å². The van der Waals surface area contributed by atoms with E-state index < -0.39 is 42.1 Å². The van der Waals surface area contributed by atoms with E-state index in [1.807, 2.05) is 0 Å². The minimum Gasteiger partial charge on any atom is -0.504 e. The lowest BCUT2D eigenvalue weighted by Gasteiger charge is -2.39. The molecule has 5 N–H and O–H groups in total. The molecule has 0 bridgehead atoms. The van der Waals surface area contributed by atoms with Crippen molar-refractivity contribution in [1.82, 2.24) is 0 Å². The molecule has 0 saturated heterocycles. The number of phenolic OH excluding ortho intramolecular Hbond substituents is 2. The maximum Gasteiger partial charge on any atom is 0.335 e. The van der Waals surface area contributed by atoms with Crippen molar-refractivity contribution in [2.75, 3.05) is 0 Å². The molecule has 0 aromatic heterocycles. The number of hydrogen-bond donors (Lipinski definition) is 5. The standard InChI is InChI=1S/C17H20O8/c1-9-7-17(24,16(22)23)8-13(15(9)21)25-14(20)5-3-10-2-4-11(18)12(19)6-10/h2-6,9,13,15,18-19,21,24H,7-8H2,1H3,(H,22,23)/b5-3+. The lowest BCUT2D eigenvalue weighted by molar-refractivity contribution is -0.187. The number of carbonyl (C=O) groups excluding carboxylic acids is 1. The third-order valence-electron chi connectivity index (χ3n) is 4.24. The van der Waals surface area contributed by atoms with Gasteiger partial charge in [-0.2, -0.15) is 0 Å². The minimum atomic E-state index is -2.06. The molecule has 4 unspecified atom stereocenters. The molecule has 0 heterocycles. The molecular formula is C17H20O8. The number of ether oxygens (including phenoxy) is 1. The second-order valence-corrected chi connectivity index (χ2v) is 6.27. The van der Waals surface area contributed by atoms with Crippen molar-refractivity contribution in [2.24, 2.45) is 5.92 Å². The number of esters is 1. The predicted molar refractivity (Wildman–Crippen MR) is 85.7 cm³/mol. The fourth-order valence-corrected chi connectivity index (χ4v) is 2.84. The van der Waals surface area contributed by atoms with E-state index in [-0.39, 0.29) is 17.9 Å². The average Bonchev–Trinajstić information content (AvgIpc) is 2.53. The number of aromatic hydroxyl groups is 2. The van der Waals surface area contributed by atoms with E-state index in [1.54, 1.807) is 6.92 Å². The molecule has 4 atom stereocenters. The lowest BCUT2D eigenvalue weighted by Crippen LogP contribution is -2.54. The predicted octanol–water partition coefficient (Wildman–Crippen LogP) is 0.629. The van der Waals surface area contributed by atoms with Crippen molar-refractivity contribution in [1.29, 1.82) is 0 Å². The van der Waals surface area contributed by atoms with Crippen LogP contribution in [0.5, 0.6) is 11.5 Å². The van der Waals surface area contributed by atoms with Gasteiger partial charge >= 0.3 is 11.9 Å². The molecule has 1 aliphatic rings. The van der Waals surface area contributed by atoms with Crippen LogP contribution in [0.1, 0.15) is 25.3 Å². The highest BCUT2D eigenvalue weighted by atomic mass is 16.6. The largest absolute Gasteiger partial charge is 0.504 e. The van der Waals surface area contributed by atoms with Crippen LogP contribution in [0.4, 0.5) is 0 Å². The van der Waals surface area contributed by atoms with Crippen LogP contribution in [-0.2, 0) is 14.3 Å². The molecule has 1 aromatic carbocycles. The van der Waals surface area contributed by atoms with Crippen molar-refractivity contribution >= 4 is 18.0 Å². The molecule has 2 rings (SSSR count). The maximum absolute atomic E-state index is 11.9. The first-order valence-corrected chi connectivity index (χ1v) is 7.67.